The second kappa shape index (κ2) is 17.3. The Hall–Kier alpha value is -9.56. The van der Waals surface area contributed by atoms with Crippen LogP contribution in [0.2, 0.25) is 0 Å². The molecule has 76 heavy (non-hydrogen) atoms. The fourth-order valence-corrected chi connectivity index (χ4v) is 14.2. The first-order chi connectivity index (χ1) is 37.7. The van der Waals surface area contributed by atoms with Gasteiger partial charge < -0.3 is 4.90 Å². The molecule has 0 amide bonds. The van der Waals surface area contributed by atoms with Crippen molar-refractivity contribution in [3.05, 3.63) is 376 Å². The fraction of sp³-hybridized carbons (Fsp3) is 0.0400. The largest absolute Gasteiger partial charge is 0.310 e. The number of hydrogen-bond donors (Lipinski definition) is 0. The maximum atomic E-state index is 2.54. The fourth-order valence-electron chi connectivity index (χ4n) is 14.2. The number of rotatable bonds is 9. The van der Waals surface area contributed by atoms with E-state index in [1.54, 1.807) is 0 Å². The first-order valence-electron chi connectivity index (χ1n) is 26.6. The van der Waals surface area contributed by atoms with E-state index in [0.29, 0.717) is 0 Å². The molecule has 1 nitrogen and oxygen atoms in total. The van der Waals surface area contributed by atoms with Gasteiger partial charge in [-0.2, -0.15) is 0 Å². The molecule has 3 aliphatic rings. The molecule has 3 aliphatic carbocycles. The highest BCUT2D eigenvalue weighted by Gasteiger charge is 2.50. The quantitative estimate of drug-likeness (QED) is 0.139. The van der Waals surface area contributed by atoms with Crippen LogP contribution in [-0.4, -0.2) is 0 Å². The Morgan fingerprint density at radius 3 is 0.776 bits per heavy atom. The van der Waals surface area contributed by atoms with Gasteiger partial charge in [0.25, 0.3) is 0 Å². The summed E-state index contributed by atoms with van der Waals surface area (Å²) >= 11 is 0. The van der Waals surface area contributed by atoms with E-state index in [9.17, 15) is 0 Å². The van der Waals surface area contributed by atoms with E-state index in [0.717, 1.165) is 17.1 Å². The molecule has 0 aliphatic heterocycles. The maximum absolute atomic E-state index is 2.54. The summed E-state index contributed by atoms with van der Waals surface area (Å²) in [7, 11) is 0. The Bertz CT molecular complexity index is 3830. The predicted octanol–water partition coefficient (Wildman–Crippen LogP) is 18.2. The average molecular weight is 966 g/mol. The molecule has 0 spiro atoms. The van der Waals surface area contributed by atoms with Crippen molar-refractivity contribution >= 4 is 17.1 Å². The number of benzene rings is 12. The lowest BCUT2D eigenvalue weighted by molar-refractivity contribution is 0.765. The highest BCUT2D eigenvalue weighted by molar-refractivity contribution is 5.95. The molecular formula is C75H51N. The molecule has 15 rings (SSSR count). The van der Waals surface area contributed by atoms with E-state index >= 15 is 0 Å². The normalized spacial score (nSPS) is 14.4. The predicted molar refractivity (Wildman–Crippen MR) is 313 cm³/mol. The molecule has 0 atom stereocenters. The molecule has 0 aromatic heterocycles. The minimum Gasteiger partial charge on any atom is -0.310 e. The van der Waals surface area contributed by atoms with E-state index in [1.165, 1.54) is 100 Å². The SMILES string of the molecule is c1ccc(C2(c3ccc(N(c4ccc(C5(c6ccccc6)c6ccccc6-c6ccccc65)cc4)c4cccc5c4C(c4ccccc4)(c4ccccc4)c4ccccc4-5)cc3)c3ccccc3-c3ccccc32)cc1. The zero-order chi connectivity index (χ0) is 50.3. The Labute approximate surface area is 445 Å². The Morgan fingerprint density at radius 1 is 0.184 bits per heavy atom. The molecule has 0 radical (unpaired) electrons. The van der Waals surface area contributed by atoms with Crippen LogP contribution >= 0.6 is 0 Å². The van der Waals surface area contributed by atoms with Crippen LogP contribution < -0.4 is 4.90 Å². The van der Waals surface area contributed by atoms with Crippen LogP contribution in [0, 0.1) is 0 Å². The van der Waals surface area contributed by atoms with Gasteiger partial charge in [-0.05, 0) is 125 Å². The third-order valence-corrected chi connectivity index (χ3v) is 17.1. The van der Waals surface area contributed by atoms with Gasteiger partial charge in [0.15, 0.2) is 0 Å². The molecule has 0 bridgehead atoms. The van der Waals surface area contributed by atoms with Gasteiger partial charge >= 0.3 is 0 Å². The summed E-state index contributed by atoms with van der Waals surface area (Å²) in [5, 5.41) is 0. The lowest BCUT2D eigenvalue weighted by Crippen LogP contribution is -2.31. The Balaban J connectivity index is 0.992. The van der Waals surface area contributed by atoms with E-state index in [4.69, 9.17) is 0 Å². The van der Waals surface area contributed by atoms with Crippen LogP contribution in [0.25, 0.3) is 33.4 Å². The molecule has 0 saturated heterocycles. The van der Waals surface area contributed by atoms with Crippen molar-refractivity contribution < 1.29 is 0 Å². The third kappa shape index (κ3) is 6.03. The molecule has 12 aromatic carbocycles. The molecule has 0 N–H and O–H groups in total. The third-order valence-electron chi connectivity index (χ3n) is 17.1. The van der Waals surface area contributed by atoms with Crippen LogP contribution in [0.3, 0.4) is 0 Å². The first-order valence-corrected chi connectivity index (χ1v) is 26.6. The van der Waals surface area contributed by atoms with Gasteiger partial charge in [-0.25, -0.2) is 0 Å². The van der Waals surface area contributed by atoms with Crippen molar-refractivity contribution in [2.24, 2.45) is 0 Å². The van der Waals surface area contributed by atoms with Gasteiger partial charge in [-0.3, -0.25) is 0 Å². The Morgan fingerprint density at radius 2 is 0.434 bits per heavy atom. The van der Waals surface area contributed by atoms with E-state index in [-0.39, 0.29) is 0 Å². The lowest BCUT2D eigenvalue weighted by Gasteiger charge is -2.38. The highest BCUT2D eigenvalue weighted by Crippen LogP contribution is 2.62. The molecule has 12 aromatic rings. The second-order valence-corrected chi connectivity index (χ2v) is 20.6. The van der Waals surface area contributed by atoms with Crippen LogP contribution in [-0.2, 0) is 16.2 Å². The standard InChI is InChI=1S/C75H51N/c1-5-24-52(25-6-1)73(66-38-18-13-32-60(66)61-33-14-19-39-67(61)73)56-44-48-58(49-45-56)76(59-50-46-57(47-51-59)74(53-26-7-2-8-27-53)68-40-20-15-34-62(68)63-35-16-21-41-69(63)74)71-43-23-37-65-64-36-17-22-42-70(64)75(72(65)71,54-28-9-3-10-29-54)55-30-11-4-12-31-55/h1-51H. The maximum Gasteiger partial charge on any atom is 0.0734 e. The van der Waals surface area contributed by atoms with Crippen molar-refractivity contribution in [3.63, 3.8) is 0 Å². The topological polar surface area (TPSA) is 3.24 Å². The minimum absolute atomic E-state index is 0.523. The first kappa shape index (κ1) is 44.0. The van der Waals surface area contributed by atoms with Crippen LogP contribution in [0.5, 0.6) is 0 Å². The molecule has 0 heterocycles. The number of nitrogens with zero attached hydrogens (tertiary/aromatic N) is 1. The number of anilines is 3. The Kier molecular flexibility index (Phi) is 9.99. The van der Waals surface area contributed by atoms with Gasteiger partial charge in [-0.1, -0.05) is 279 Å². The van der Waals surface area contributed by atoms with Crippen molar-refractivity contribution in [2.75, 3.05) is 4.90 Å². The molecule has 356 valence electrons. The van der Waals surface area contributed by atoms with Gasteiger partial charge in [0, 0.05) is 16.9 Å². The van der Waals surface area contributed by atoms with Crippen molar-refractivity contribution in [1.29, 1.82) is 0 Å². The van der Waals surface area contributed by atoms with Crippen LogP contribution in [0.15, 0.2) is 309 Å². The summed E-state index contributed by atoms with van der Waals surface area (Å²) in [5.41, 5.74) is 24.4. The van der Waals surface area contributed by atoms with Crippen molar-refractivity contribution in [3.8, 4) is 33.4 Å². The van der Waals surface area contributed by atoms with Gasteiger partial charge in [-0.15, -0.1) is 0 Å². The second-order valence-electron chi connectivity index (χ2n) is 20.6. The summed E-state index contributed by atoms with van der Waals surface area (Å²) in [6.07, 6.45) is 0. The van der Waals surface area contributed by atoms with Gasteiger partial charge in [0.2, 0.25) is 0 Å². The zero-order valence-corrected chi connectivity index (χ0v) is 41.9. The monoisotopic (exact) mass is 965 g/mol. The average Bonchev–Trinajstić information content (AvgIpc) is 4.31. The van der Waals surface area contributed by atoms with Crippen molar-refractivity contribution in [1.82, 2.24) is 0 Å². The molecular weight excluding hydrogens is 915 g/mol. The van der Waals surface area contributed by atoms with Gasteiger partial charge in [0.1, 0.15) is 0 Å². The zero-order valence-electron chi connectivity index (χ0n) is 41.9. The molecule has 0 fully saturated rings. The highest BCUT2D eigenvalue weighted by atomic mass is 15.1. The molecule has 0 unspecified atom stereocenters. The van der Waals surface area contributed by atoms with E-state index in [2.05, 4.69) is 314 Å². The molecule has 1 heteroatoms. The minimum atomic E-state index is -0.632. The summed E-state index contributed by atoms with van der Waals surface area (Å²) in [6.45, 7) is 0. The van der Waals surface area contributed by atoms with Crippen LogP contribution in [0.1, 0.15) is 66.8 Å². The van der Waals surface area contributed by atoms with Crippen molar-refractivity contribution in [2.45, 2.75) is 16.2 Å². The smallest absolute Gasteiger partial charge is 0.0734 e. The van der Waals surface area contributed by atoms with E-state index in [1.807, 2.05) is 0 Å². The summed E-state index contributed by atoms with van der Waals surface area (Å²) in [6, 6.07) is 116. The number of hydrogen-bond acceptors (Lipinski definition) is 1. The van der Waals surface area contributed by atoms with Gasteiger partial charge in [0.05, 0.1) is 21.9 Å². The molecule has 0 saturated carbocycles. The summed E-state index contributed by atoms with van der Waals surface area (Å²) in [5.74, 6) is 0. The van der Waals surface area contributed by atoms with Crippen LogP contribution in [0.4, 0.5) is 17.1 Å². The van der Waals surface area contributed by atoms with E-state index < -0.39 is 16.2 Å². The summed E-state index contributed by atoms with van der Waals surface area (Å²) in [4.78, 5) is 2.54. The summed E-state index contributed by atoms with van der Waals surface area (Å²) < 4.78 is 0. The number of fused-ring (bicyclic) bond motifs is 9. The lowest BCUT2D eigenvalue weighted by atomic mass is 9.67.